The van der Waals surface area contributed by atoms with E-state index in [0.717, 1.165) is 6.08 Å². The summed E-state index contributed by atoms with van der Waals surface area (Å²) in [4.78, 5) is 21.7. The molecule has 0 saturated heterocycles. The van der Waals surface area contributed by atoms with Crippen molar-refractivity contribution in [3.8, 4) is 0 Å². The van der Waals surface area contributed by atoms with Crippen molar-refractivity contribution in [3.05, 3.63) is 12.2 Å². The van der Waals surface area contributed by atoms with E-state index < -0.39 is 29.3 Å². The lowest BCUT2D eigenvalue weighted by Gasteiger charge is -2.17. The number of carbonyl (C=O) groups is 2. The van der Waals surface area contributed by atoms with Crippen molar-refractivity contribution in [3.63, 3.8) is 0 Å². The number of carbonyl (C=O) groups excluding carboxylic acids is 2. The lowest BCUT2D eigenvalue weighted by molar-refractivity contribution is -0.201. The summed E-state index contributed by atoms with van der Waals surface area (Å²) in [5, 5.41) is 0. The molecule has 0 heterocycles. The molecule has 1 atom stereocenters. The maximum absolute atomic E-state index is 11.9. The zero-order valence-electron chi connectivity index (χ0n) is 11.3. The molecule has 20 heavy (non-hydrogen) atoms. The van der Waals surface area contributed by atoms with E-state index in [-0.39, 0.29) is 12.8 Å². The second-order valence-electron chi connectivity index (χ2n) is 4.83. The third-order valence-electron chi connectivity index (χ3n) is 1.69. The third kappa shape index (κ3) is 9.66. The highest BCUT2D eigenvalue weighted by Gasteiger charge is 2.42. The van der Waals surface area contributed by atoms with Crippen LogP contribution in [0.1, 0.15) is 33.6 Å². The normalized spacial score (nSPS) is 14.2. The molecule has 8 heteroatoms. The van der Waals surface area contributed by atoms with E-state index in [2.05, 4.69) is 4.74 Å². The van der Waals surface area contributed by atoms with Gasteiger partial charge in [-0.25, -0.2) is 9.59 Å². The highest BCUT2D eigenvalue weighted by Crippen LogP contribution is 2.20. The van der Waals surface area contributed by atoms with Crippen molar-refractivity contribution in [2.24, 2.45) is 0 Å². The van der Waals surface area contributed by atoms with Crippen molar-refractivity contribution >= 4 is 23.5 Å². The number of alkyl halides is 4. The Bertz CT molecular complexity index is 372. The Morgan fingerprint density at radius 1 is 1.25 bits per heavy atom. The quantitative estimate of drug-likeness (QED) is 0.443. The van der Waals surface area contributed by atoms with E-state index in [4.69, 9.17) is 16.3 Å². The second-order valence-corrected chi connectivity index (χ2v) is 5.31. The largest absolute Gasteiger partial charge is 0.490 e. The van der Waals surface area contributed by atoms with Crippen LogP contribution >= 0.6 is 11.6 Å². The summed E-state index contributed by atoms with van der Waals surface area (Å²) in [5.74, 6) is -2.91. The Balaban J connectivity index is 4.01. The average Bonchev–Trinajstić information content (AvgIpc) is 2.20. The summed E-state index contributed by atoms with van der Waals surface area (Å²) in [5.41, 5.74) is -2.04. The van der Waals surface area contributed by atoms with Crippen LogP contribution in [0.15, 0.2) is 12.2 Å². The lowest BCUT2D eigenvalue weighted by atomic mass is 10.2. The molecule has 4 nitrogen and oxygen atoms in total. The molecule has 0 aliphatic heterocycles. The molecule has 116 valence electrons. The van der Waals surface area contributed by atoms with Crippen molar-refractivity contribution in [1.82, 2.24) is 0 Å². The highest BCUT2D eigenvalue weighted by molar-refractivity contribution is 6.20. The van der Waals surface area contributed by atoms with E-state index in [1.807, 2.05) is 0 Å². The number of esters is 2. The smallest absolute Gasteiger partial charge is 0.457 e. The number of ether oxygens (including phenoxy) is 2. The van der Waals surface area contributed by atoms with Crippen molar-refractivity contribution in [2.45, 2.75) is 51.0 Å². The van der Waals surface area contributed by atoms with Crippen LogP contribution in [0.25, 0.3) is 0 Å². The van der Waals surface area contributed by atoms with Crippen molar-refractivity contribution in [1.29, 1.82) is 0 Å². The predicted octanol–water partition coefficient (Wildman–Crippen LogP) is 3.33. The minimum absolute atomic E-state index is 0.0529. The van der Waals surface area contributed by atoms with Gasteiger partial charge in [-0.05, 0) is 27.2 Å². The predicted molar refractivity (Wildman–Crippen MR) is 66.0 cm³/mol. The fourth-order valence-electron chi connectivity index (χ4n) is 0.985. The molecule has 0 rings (SSSR count). The van der Waals surface area contributed by atoms with Gasteiger partial charge in [-0.1, -0.05) is 17.7 Å². The molecule has 1 unspecified atom stereocenters. The van der Waals surface area contributed by atoms with Gasteiger partial charge in [0, 0.05) is 12.5 Å². The standard InChI is InChI=1S/C12H16ClF3O4/c1-11(2,3)20-9(17)7-5-4-6-8(13)19-10(18)12(14,15)16/h5,7-8H,4,6H2,1-3H3/b7-5-. The van der Waals surface area contributed by atoms with Crippen LogP contribution in [0.4, 0.5) is 13.2 Å². The summed E-state index contributed by atoms with van der Waals surface area (Å²) in [6, 6.07) is 0. The highest BCUT2D eigenvalue weighted by atomic mass is 35.5. The Labute approximate surface area is 119 Å². The lowest BCUT2D eigenvalue weighted by Crippen LogP contribution is -2.28. The van der Waals surface area contributed by atoms with Gasteiger partial charge in [-0.3, -0.25) is 0 Å². The topological polar surface area (TPSA) is 52.6 Å². The first-order valence-electron chi connectivity index (χ1n) is 5.73. The molecule has 0 aromatic rings. The monoisotopic (exact) mass is 316 g/mol. The number of allylic oxidation sites excluding steroid dienone is 1. The average molecular weight is 317 g/mol. The van der Waals surface area contributed by atoms with Gasteiger partial charge in [0.15, 0.2) is 5.56 Å². The molecule has 0 bridgehead atoms. The van der Waals surface area contributed by atoms with Crippen LogP contribution in [0.5, 0.6) is 0 Å². The third-order valence-corrected chi connectivity index (χ3v) is 1.99. The van der Waals surface area contributed by atoms with Gasteiger partial charge in [0.2, 0.25) is 0 Å². The van der Waals surface area contributed by atoms with Gasteiger partial charge < -0.3 is 9.47 Å². The van der Waals surface area contributed by atoms with Crippen LogP contribution in [0.3, 0.4) is 0 Å². The van der Waals surface area contributed by atoms with Gasteiger partial charge in [0.05, 0.1) is 0 Å². The molecular formula is C12H16ClF3O4. The maximum Gasteiger partial charge on any atom is 0.490 e. The first-order chi connectivity index (χ1) is 8.92. The number of hydrogen-bond acceptors (Lipinski definition) is 4. The van der Waals surface area contributed by atoms with Crippen LogP contribution in [0.2, 0.25) is 0 Å². The second kappa shape index (κ2) is 7.52. The SMILES string of the molecule is CC(C)(C)OC(=O)/C=C\CCC(Cl)OC(=O)C(F)(F)F. The maximum atomic E-state index is 11.9. The molecule has 0 aliphatic rings. The number of hydrogen-bond donors (Lipinski definition) is 0. The molecule has 0 aromatic carbocycles. The summed E-state index contributed by atoms with van der Waals surface area (Å²) in [7, 11) is 0. The molecule has 0 aliphatic carbocycles. The summed E-state index contributed by atoms with van der Waals surface area (Å²) >= 11 is 5.41. The van der Waals surface area contributed by atoms with Crippen molar-refractivity contribution < 1.29 is 32.2 Å². The van der Waals surface area contributed by atoms with Gasteiger partial charge in [0.25, 0.3) is 0 Å². The van der Waals surface area contributed by atoms with Crippen LogP contribution in [-0.4, -0.2) is 29.3 Å². The van der Waals surface area contributed by atoms with Crippen molar-refractivity contribution in [2.75, 3.05) is 0 Å². The number of halogens is 4. The fourth-order valence-corrected chi connectivity index (χ4v) is 1.19. The van der Waals surface area contributed by atoms with E-state index in [9.17, 15) is 22.8 Å². The summed E-state index contributed by atoms with van der Waals surface area (Å²) < 4.78 is 44.5. The van der Waals surface area contributed by atoms with Gasteiger partial charge in [-0.15, -0.1) is 0 Å². The molecule has 0 amide bonds. The van der Waals surface area contributed by atoms with Gasteiger partial charge in [0.1, 0.15) is 5.60 Å². The fraction of sp³-hybridized carbons (Fsp3) is 0.667. The Hall–Kier alpha value is -1.24. The van der Waals surface area contributed by atoms with Crippen LogP contribution < -0.4 is 0 Å². The first kappa shape index (κ1) is 18.8. The molecule has 0 fully saturated rings. The molecule has 0 radical (unpaired) electrons. The molecular weight excluding hydrogens is 301 g/mol. The minimum atomic E-state index is -5.07. The van der Waals surface area contributed by atoms with E-state index in [1.54, 1.807) is 20.8 Å². The zero-order chi connectivity index (χ0) is 16.0. The van der Waals surface area contributed by atoms with E-state index in [0.29, 0.717) is 0 Å². The zero-order valence-corrected chi connectivity index (χ0v) is 12.0. The van der Waals surface area contributed by atoms with Crippen LogP contribution in [0, 0.1) is 0 Å². The van der Waals surface area contributed by atoms with Crippen LogP contribution in [-0.2, 0) is 19.1 Å². The molecule has 0 N–H and O–H groups in total. The Morgan fingerprint density at radius 2 is 1.80 bits per heavy atom. The minimum Gasteiger partial charge on any atom is -0.457 e. The van der Waals surface area contributed by atoms with Gasteiger partial charge >= 0.3 is 18.1 Å². The van der Waals surface area contributed by atoms with E-state index in [1.165, 1.54) is 6.08 Å². The molecule has 0 saturated carbocycles. The first-order valence-corrected chi connectivity index (χ1v) is 6.17. The number of rotatable bonds is 5. The summed E-state index contributed by atoms with van der Waals surface area (Å²) in [6.45, 7) is 5.10. The van der Waals surface area contributed by atoms with E-state index >= 15 is 0 Å². The Morgan fingerprint density at radius 3 is 2.25 bits per heavy atom. The Kier molecular flexibility index (Phi) is 7.05. The summed E-state index contributed by atoms with van der Waals surface area (Å²) in [6.07, 6.45) is -2.44. The molecule has 0 aromatic heterocycles. The molecule has 0 spiro atoms. The van der Waals surface area contributed by atoms with Gasteiger partial charge in [-0.2, -0.15) is 13.2 Å².